The van der Waals surface area contributed by atoms with Crippen LogP contribution in [-0.2, 0) is 4.79 Å². The summed E-state index contributed by atoms with van der Waals surface area (Å²) in [6.07, 6.45) is 1.69. The highest BCUT2D eigenvalue weighted by atomic mass is 16.1. The predicted octanol–water partition coefficient (Wildman–Crippen LogP) is 3.56. The molecule has 0 unspecified atom stereocenters. The van der Waals surface area contributed by atoms with Crippen LogP contribution in [0.1, 0.15) is 30.7 Å². The Kier molecular flexibility index (Phi) is 5.44. The standard InChI is InChI=1S/C26H22N6O2/c27-15-18-23(16-8-3-1-4-9-16)24-20(12-7-13-21(24)33)32(26(18)28)31-19-14-22(34)29-30-25(19)17-10-5-2-6-11-17/h1-6,8-11,14,23H,7,12-13,28H2,(H2,29,31,34)/t23-/m1/s1. The minimum absolute atomic E-state index is 0.00512. The van der Waals surface area contributed by atoms with E-state index in [1.807, 2.05) is 60.7 Å². The summed E-state index contributed by atoms with van der Waals surface area (Å²) in [5.74, 6) is -0.337. The number of hydrogen-bond donors (Lipinski definition) is 3. The second-order valence-electron chi connectivity index (χ2n) is 8.20. The number of hydrogen-bond acceptors (Lipinski definition) is 7. The first-order valence-electron chi connectivity index (χ1n) is 11.0. The van der Waals surface area contributed by atoms with Crippen LogP contribution >= 0.6 is 0 Å². The average Bonchev–Trinajstić information content (AvgIpc) is 2.86. The van der Waals surface area contributed by atoms with Gasteiger partial charge in [0.1, 0.15) is 11.5 Å². The molecule has 5 rings (SSSR count). The molecule has 8 heteroatoms. The lowest BCUT2D eigenvalue weighted by Crippen LogP contribution is -2.42. The van der Waals surface area contributed by atoms with E-state index in [1.54, 1.807) is 5.01 Å². The van der Waals surface area contributed by atoms with Crippen molar-refractivity contribution in [3.8, 4) is 17.3 Å². The number of anilines is 1. The van der Waals surface area contributed by atoms with Gasteiger partial charge in [-0.15, -0.1) is 0 Å². The van der Waals surface area contributed by atoms with Gasteiger partial charge in [-0.05, 0) is 18.4 Å². The molecule has 0 radical (unpaired) electrons. The minimum Gasteiger partial charge on any atom is -0.383 e. The number of nitriles is 1. The summed E-state index contributed by atoms with van der Waals surface area (Å²) in [5, 5.41) is 18.4. The van der Waals surface area contributed by atoms with Crippen LogP contribution in [0.3, 0.4) is 0 Å². The number of ketones is 1. The van der Waals surface area contributed by atoms with Crippen molar-refractivity contribution in [1.29, 1.82) is 5.26 Å². The molecule has 0 spiro atoms. The number of carbonyl (C=O) groups excluding carboxylic acids is 1. The molecular formula is C26H22N6O2. The Morgan fingerprint density at radius 1 is 1.06 bits per heavy atom. The molecule has 0 fully saturated rings. The molecule has 0 bridgehead atoms. The van der Waals surface area contributed by atoms with Gasteiger partial charge in [0.25, 0.3) is 5.56 Å². The summed E-state index contributed by atoms with van der Waals surface area (Å²) in [4.78, 5) is 25.3. The number of Topliss-reactive ketones (excluding diaryl/α,β-unsaturated/α-hetero) is 1. The number of aromatic nitrogens is 2. The summed E-state index contributed by atoms with van der Waals surface area (Å²) >= 11 is 0. The van der Waals surface area contributed by atoms with Crippen LogP contribution in [0.4, 0.5) is 5.69 Å². The molecule has 2 heterocycles. The van der Waals surface area contributed by atoms with Crippen molar-refractivity contribution in [2.24, 2.45) is 5.73 Å². The lowest BCUT2D eigenvalue weighted by Gasteiger charge is -2.39. The fraction of sp³-hybridized carbons (Fsp3) is 0.154. The Labute approximate surface area is 196 Å². The molecule has 1 aromatic heterocycles. The maximum Gasteiger partial charge on any atom is 0.266 e. The molecule has 4 N–H and O–H groups in total. The van der Waals surface area contributed by atoms with Crippen molar-refractivity contribution in [3.63, 3.8) is 0 Å². The SMILES string of the molecule is N#CC1=C(N)N(Nc2cc(=O)[nH]nc2-c2ccccc2)C2=C(C(=O)CCC2)[C@@H]1c1ccccc1. The monoisotopic (exact) mass is 450 g/mol. The number of hydrazine groups is 1. The highest BCUT2D eigenvalue weighted by molar-refractivity contribution is 6.00. The molecule has 0 saturated carbocycles. The van der Waals surface area contributed by atoms with Gasteiger partial charge < -0.3 is 5.73 Å². The molecule has 1 aliphatic heterocycles. The van der Waals surface area contributed by atoms with Gasteiger partial charge in [0.05, 0.1) is 23.2 Å². The predicted molar refractivity (Wildman–Crippen MR) is 128 cm³/mol. The molecule has 0 saturated heterocycles. The van der Waals surface area contributed by atoms with E-state index in [0.29, 0.717) is 41.9 Å². The van der Waals surface area contributed by atoms with Crippen molar-refractivity contribution < 1.29 is 4.79 Å². The molecule has 2 aliphatic rings. The summed E-state index contributed by atoms with van der Waals surface area (Å²) in [7, 11) is 0. The fourth-order valence-electron chi connectivity index (χ4n) is 4.62. The van der Waals surface area contributed by atoms with Crippen LogP contribution in [0.2, 0.25) is 0 Å². The fourth-order valence-corrected chi connectivity index (χ4v) is 4.62. The normalized spacial score (nSPS) is 17.9. The molecular weight excluding hydrogens is 428 g/mol. The van der Waals surface area contributed by atoms with Crippen LogP contribution in [0.15, 0.2) is 94.2 Å². The second kappa shape index (κ2) is 8.71. The first kappa shape index (κ1) is 21.2. The number of allylic oxidation sites excluding steroid dienone is 3. The van der Waals surface area contributed by atoms with Crippen molar-refractivity contribution in [3.05, 3.63) is 105 Å². The second-order valence-corrected chi connectivity index (χ2v) is 8.20. The molecule has 34 heavy (non-hydrogen) atoms. The Morgan fingerprint density at radius 3 is 2.47 bits per heavy atom. The lowest BCUT2D eigenvalue weighted by molar-refractivity contribution is -0.116. The third-order valence-corrected chi connectivity index (χ3v) is 6.13. The van der Waals surface area contributed by atoms with Crippen LogP contribution in [-0.4, -0.2) is 21.0 Å². The highest BCUT2D eigenvalue weighted by Crippen LogP contribution is 2.44. The molecule has 8 nitrogen and oxygen atoms in total. The zero-order chi connectivity index (χ0) is 23.7. The van der Waals surface area contributed by atoms with Gasteiger partial charge >= 0.3 is 0 Å². The topological polar surface area (TPSA) is 128 Å². The molecule has 3 aromatic rings. The molecule has 1 aliphatic carbocycles. The maximum atomic E-state index is 13.2. The smallest absolute Gasteiger partial charge is 0.266 e. The number of aromatic amines is 1. The molecule has 0 amide bonds. The highest BCUT2D eigenvalue weighted by Gasteiger charge is 2.40. The summed E-state index contributed by atoms with van der Waals surface area (Å²) in [5.41, 5.74) is 13.5. The van der Waals surface area contributed by atoms with Gasteiger partial charge in [0.15, 0.2) is 5.78 Å². The van der Waals surface area contributed by atoms with Crippen LogP contribution < -0.4 is 16.7 Å². The third kappa shape index (κ3) is 3.63. The number of nitrogens with two attached hydrogens (primary N) is 1. The van der Waals surface area contributed by atoms with E-state index in [2.05, 4.69) is 21.7 Å². The largest absolute Gasteiger partial charge is 0.383 e. The van der Waals surface area contributed by atoms with E-state index in [9.17, 15) is 14.9 Å². The summed E-state index contributed by atoms with van der Waals surface area (Å²) in [6.45, 7) is 0. The lowest BCUT2D eigenvalue weighted by atomic mass is 9.76. The van der Waals surface area contributed by atoms with Gasteiger partial charge in [-0.25, -0.2) is 10.1 Å². The zero-order valence-electron chi connectivity index (χ0n) is 18.3. The third-order valence-electron chi connectivity index (χ3n) is 6.13. The first-order valence-corrected chi connectivity index (χ1v) is 11.0. The van der Waals surface area contributed by atoms with E-state index >= 15 is 0 Å². The number of nitrogens with zero attached hydrogens (tertiary/aromatic N) is 3. The quantitative estimate of drug-likeness (QED) is 0.554. The minimum atomic E-state index is -0.530. The Balaban J connectivity index is 1.66. The molecule has 168 valence electrons. The van der Waals surface area contributed by atoms with Gasteiger partial charge in [0, 0.05) is 29.3 Å². The van der Waals surface area contributed by atoms with Crippen molar-refractivity contribution in [1.82, 2.24) is 15.2 Å². The zero-order valence-corrected chi connectivity index (χ0v) is 18.3. The van der Waals surface area contributed by atoms with Gasteiger partial charge in [-0.3, -0.25) is 15.0 Å². The van der Waals surface area contributed by atoms with Crippen LogP contribution in [0.25, 0.3) is 11.3 Å². The number of rotatable bonds is 4. The number of carbonyl (C=O) groups is 1. The van der Waals surface area contributed by atoms with Crippen molar-refractivity contribution in [2.45, 2.75) is 25.2 Å². The van der Waals surface area contributed by atoms with E-state index in [0.717, 1.165) is 11.1 Å². The molecule has 1 atom stereocenters. The Bertz CT molecular complexity index is 1420. The Hall–Kier alpha value is -4.64. The van der Waals surface area contributed by atoms with Crippen molar-refractivity contribution >= 4 is 11.5 Å². The maximum absolute atomic E-state index is 13.2. The van der Waals surface area contributed by atoms with Crippen LogP contribution in [0, 0.1) is 11.3 Å². The first-order chi connectivity index (χ1) is 16.6. The summed E-state index contributed by atoms with van der Waals surface area (Å²) < 4.78 is 0. The van der Waals surface area contributed by atoms with Crippen molar-refractivity contribution in [2.75, 3.05) is 5.43 Å². The average molecular weight is 451 g/mol. The Morgan fingerprint density at radius 2 is 1.76 bits per heavy atom. The van der Waals surface area contributed by atoms with Gasteiger partial charge in [0.2, 0.25) is 0 Å². The number of H-pyrrole nitrogens is 1. The summed E-state index contributed by atoms with van der Waals surface area (Å²) in [6, 6.07) is 22.5. The van der Waals surface area contributed by atoms with Crippen LogP contribution in [0.5, 0.6) is 0 Å². The number of benzene rings is 2. The number of nitrogens with one attached hydrogen (secondary N) is 2. The van der Waals surface area contributed by atoms with Gasteiger partial charge in [-0.1, -0.05) is 60.7 Å². The van der Waals surface area contributed by atoms with E-state index < -0.39 is 11.5 Å². The van der Waals surface area contributed by atoms with Gasteiger partial charge in [-0.2, -0.15) is 10.4 Å². The van der Waals surface area contributed by atoms with E-state index in [-0.39, 0.29) is 17.2 Å². The molecule has 2 aromatic carbocycles. The van der Waals surface area contributed by atoms with E-state index in [1.165, 1.54) is 6.07 Å². The van der Waals surface area contributed by atoms with E-state index in [4.69, 9.17) is 5.73 Å².